The SMILES string of the molecule is Cc1cc(C)cc(-n2cc(C(=O)N3CCC(NC(=O)c4cccs4)CC3)nn2)c1. The summed E-state index contributed by atoms with van der Waals surface area (Å²) in [7, 11) is 0. The molecule has 4 rings (SSSR count). The molecule has 0 radical (unpaired) electrons. The zero-order valence-electron chi connectivity index (χ0n) is 16.5. The Balaban J connectivity index is 1.36. The third kappa shape index (κ3) is 4.37. The highest BCUT2D eigenvalue weighted by atomic mass is 32.1. The first-order valence-electron chi connectivity index (χ1n) is 9.64. The predicted molar refractivity (Wildman–Crippen MR) is 112 cm³/mol. The molecule has 2 amide bonds. The molecule has 1 fully saturated rings. The van der Waals surface area contributed by atoms with Crippen LogP contribution >= 0.6 is 11.3 Å². The molecule has 0 unspecified atom stereocenters. The van der Waals surface area contributed by atoms with Gasteiger partial charge in [-0.2, -0.15) is 0 Å². The summed E-state index contributed by atoms with van der Waals surface area (Å²) in [6.07, 6.45) is 3.14. The molecule has 2 aromatic heterocycles. The minimum Gasteiger partial charge on any atom is -0.348 e. The van der Waals surface area contributed by atoms with Crippen molar-refractivity contribution in [3.05, 3.63) is 63.6 Å². The van der Waals surface area contributed by atoms with Gasteiger partial charge >= 0.3 is 0 Å². The van der Waals surface area contributed by atoms with Crippen molar-refractivity contribution in [2.24, 2.45) is 0 Å². The summed E-state index contributed by atoms with van der Waals surface area (Å²) in [6.45, 7) is 5.23. The molecule has 29 heavy (non-hydrogen) atoms. The van der Waals surface area contributed by atoms with E-state index in [0.717, 1.165) is 29.7 Å². The van der Waals surface area contributed by atoms with Crippen molar-refractivity contribution >= 4 is 23.2 Å². The van der Waals surface area contributed by atoms with Crippen molar-refractivity contribution in [2.45, 2.75) is 32.7 Å². The van der Waals surface area contributed by atoms with Gasteiger partial charge in [0, 0.05) is 19.1 Å². The molecule has 1 aliphatic rings. The maximum Gasteiger partial charge on any atom is 0.276 e. The van der Waals surface area contributed by atoms with Crippen molar-refractivity contribution < 1.29 is 9.59 Å². The number of thiophene rings is 1. The lowest BCUT2D eigenvalue weighted by Crippen LogP contribution is -2.46. The van der Waals surface area contributed by atoms with E-state index in [-0.39, 0.29) is 17.9 Å². The maximum atomic E-state index is 12.8. The Morgan fingerprint density at radius 3 is 2.52 bits per heavy atom. The Kier molecular flexibility index (Phi) is 5.44. The van der Waals surface area contributed by atoms with Crippen molar-refractivity contribution in [3.63, 3.8) is 0 Å². The molecule has 7 nitrogen and oxygen atoms in total. The average Bonchev–Trinajstić information content (AvgIpc) is 3.39. The second-order valence-electron chi connectivity index (χ2n) is 7.41. The zero-order valence-corrected chi connectivity index (χ0v) is 17.3. The number of likely N-dealkylation sites (tertiary alicyclic amines) is 1. The second-order valence-corrected chi connectivity index (χ2v) is 8.36. The van der Waals surface area contributed by atoms with E-state index in [1.54, 1.807) is 15.8 Å². The lowest BCUT2D eigenvalue weighted by molar-refractivity contribution is 0.0692. The Morgan fingerprint density at radius 1 is 1.14 bits per heavy atom. The molecule has 1 saturated heterocycles. The lowest BCUT2D eigenvalue weighted by Gasteiger charge is -2.31. The summed E-state index contributed by atoms with van der Waals surface area (Å²) in [5.74, 6) is -0.162. The van der Waals surface area contributed by atoms with Crippen molar-refractivity contribution in [1.29, 1.82) is 0 Å². The van der Waals surface area contributed by atoms with E-state index in [1.165, 1.54) is 11.3 Å². The number of aromatic nitrogens is 3. The van der Waals surface area contributed by atoms with Crippen LogP contribution in [-0.4, -0.2) is 50.8 Å². The molecule has 150 valence electrons. The summed E-state index contributed by atoms with van der Waals surface area (Å²) < 4.78 is 1.64. The number of aryl methyl sites for hydroxylation is 2. The average molecular weight is 410 g/mol. The van der Waals surface area contributed by atoms with Gasteiger partial charge < -0.3 is 10.2 Å². The van der Waals surface area contributed by atoms with Crippen LogP contribution in [0.2, 0.25) is 0 Å². The number of nitrogens with one attached hydrogen (secondary N) is 1. The van der Waals surface area contributed by atoms with Crippen LogP contribution < -0.4 is 5.32 Å². The molecule has 8 heteroatoms. The van der Waals surface area contributed by atoms with Gasteiger partial charge in [-0.15, -0.1) is 16.4 Å². The number of amides is 2. The molecule has 1 aliphatic heterocycles. The number of carbonyl (C=O) groups excluding carboxylic acids is 2. The molecule has 0 spiro atoms. The minimum atomic E-state index is -0.122. The molecule has 0 aliphatic carbocycles. The van der Waals surface area contributed by atoms with Crippen molar-refractivity contribution in [2.75, 3.05) is 13.1 Å². The van der Waals surface area contributed by atoms with Gasteiger partial charge in [-0.25, -0.2) is 4.68 Å². The van der Waals surface area contributed by atoms with E-state index in [0.29, 0.717) is 23.7 Å². The number of benzene rings is 1. The third-order valence-electron chi connectivity index (χ3n) is 5.05. The van der Waals surface area contributed by atoms with Crippen molar-refractivity contribution in [3.8, 4) is 5.69 Å². The molecular weight excluding hydrogens is 386 g/mol. The predicted octanol–water partition coefficient (Wildman–Crippen LogP) is 2.98. The molecule has 0 saturated carbocycles. The summed E-state index contributed by atoms with van der Waals surface area (Å²) in [4.78, 5) is 27.5. The van der Waals surface area contributed by atoms with Gasteiger partial charge in [0.15, 0.2) is 5.69 Å². The van der Waals surface area contributed by atoms with Crippen LogP contribution in [0.5, 0.6) is 0 Å². The van der Waals surface area contributed by atoms with Crippen LogP contribution in [0.1, 0.15) is 44.1 Å². The van der Waals surface area contributed by atoms with Gasteiger partial charge in [-0.05, 0) is 61.4 Å². The minimum absolute atomic E-state index is 0.0406. The molecule has 1 N–H and O–H groups in total. The standard InChI is InChI=1S/C21H23N5O2S/c1-14-10-15(2)12-17(11-14)26-13-18(23-24-26)21(28)25-7-5-16(6-8-25)22-20(27)19-4-3-9-29-19/h3-4,9-13,16H,5-8H2,1-2H3,(H,22,27). The second kappa shape index (κ2) is 8.16. The van der Waals surface area contributed by atoms with E-state index >= 15 is 0 Å². The van der Waals surface area contributed by atoms with Gasteiger partial charge in [0.25, 0.3) is 11.8 Å². The number of hydrogen-bond acceptors (Lipinski definition) is 5. The number of piperidine rings is 1. The Labute approximate surface area is 173 Å². The van der Waals surface area contributed by atoms with E-state index in [1.807, 2.05) is 43.5 Å². The third-order valence-corrected chi connectivity index (χ3v) is 5.91. The molecule has 1 aromatic carbocycles. The van der Waals surface area contributed by atoms with E-state index in [4.69, 9.17) is 0 Å². The van der Waals surface area contributed by atoms with E-state index in [2.05, 4.69) is 21.7 Å². The van der Waals surface area contributed by atoms with Gasteiger partial charge in [-0.3, -0.25) is 9.59 Å². The van der Waals surface area contributed by atoms with Crippen LogP contribution in [0.3, 0.4) is 0 Å². The molecule has 3 aromatic rings. The summed E-state index contributed by atoms with van der Waals surface area (Å²) in [6, 6.07) is 9.88. The monoisotopic (exact) mass is 409 g/mol. The fourth-order valence-corrected chi connectivity index (χ4v) is 4.25. The quantitative estimate of drug-likeness (QED) is 0.718. The van der Waals surface area contributed by atoms with Crippen LogP contribution in [0.4, 0.5) is 0 Å². The maximum absolute atomic E-state index is 12.8. The summed E-state index contributed by atoms with van der Waals surface area (Å²) in [5.41, 5.74) is 3.50. The largest absolute Gasteiger partial charge is 0.348 e. The summed E-state index contributed by atoms with van der Waals surface area (Å²) >= 11 is 1.43. The van der Waals surface area contributed by atoms with Crippen LogP contribution in [0.15, 0.2) is 41.9 Å². The highest BCUT2D eigenvalue weighted by Gasteiger charge is 2.26. The number of hydrogen-bond donors (Lipinski definition) is 1. The van der Waals surface area contributed by atoms with Gasteiger partial charge in [0.2, 0.25) is 0 Å². The molecular formula is C21H23N5O2S. The number of carbonyl (C=O) groups is 2. The first-order valence-corrected chi connectivity index (χ1v) is 10.5. The van der Waals surface area contributed by atoms with E-state index < -0.39 is 0 Å². The Hall–Kier alpha value is -3.00. The number of rotatable bonds is 4. The van der Waals surface area contributed by atoms with Crippen LogP contribution in [-0.2, 0) is 0 Å². The fraction of sp³-hybridized carbons (Fsp3) is 0.333. The summed E-state index contributed by atoms with van der Waals surface area (Å²) in [5, 5.41) is 13.2. The van der Waals surface area contributed by atoms with Crippen LogP contribution in [0, 0.1) is 13.8 Å². The smallest absolute Gasteiger partial charge is 0.276 e. The first kappa shape index (κ1) is 19.3. The molecule has 3 heterocycles. The molecule has 0 atom stereocenters. The normalized spacial score (nSPS) is 14.8. The zero-order chi connectivity index (χ0) is 20.4. The number of nitrogens with zero attached hydrogens (tertiary/aromatic N) is 4. The topological polar surface area (TPSA) is 80.1 Å². The van der Waals surface area contributed by atoms with Gasteiger partial charge in [0.05, 0.1) is 16.8 Å². The van der Waals surface area contributed by atoms with Gasteiger partial charge in [-0.1, -0.05) is 17.3 Å². The fourth-order valence-electron chi connectivity index (χ4n) is 3.62. The van der Waals surface area contributed by atoms with E-state index in [9.17, 15) is 9.59 Å². The lowest BCUT2D eigenvalue weighted by atomic mass is 10.0. The highest BCUT2D eigenvalue weighted by Crippen LogP contribution is 2.17. The van der Waals surface area contributed by atoms with Gasteiger partial charge in [0.1, 0.15) is 0 Å². The van der Waals surface area contributed by atoms with Crippen LogP contribution in [0.25, 0.3) is 5.69 Å². The Bertz CT molecular complexity index is 999. The van der Waals surface area contributed by atoms with Crippen molar-refractivity contribution in [1.82, 2.24) is 25.2 Å². The highest BCUT2D eigenvalue weighted by molar-refractivity contribution is 7.12. The Morgan fingerprint density at radius 2 is 1.86 bits per heavy atom. The molecule has 0 bridgehead atoms. The first-order chi connectivity index (χ1) is 14.0.